The molecule has 150 valence electrons. The number of rotatable bonds is 5. The van der Waals surface area contributed by atoms with Gasteiger partial charge in [0.2, 0.25) is 5.91 Å². The second kappa shape index (κ2) is 8.79. The van der Waals surface area contributed by atoms with E-state index in [9.17, 15) is 18.0 Å². The van der Waals surface area contributed by atoms with Crippen LogP contribution in [0, 0.1) is 5.92 Å². The fourth-order valence-electron chi connectivity index (χ4n) is 3.09. The number of benzene rings is 1. The third-order valence-corrected chi connectivity index (χ3v) is 4.72. The molecule has 1 fully saturated rings. The zero-order chi connectivity index (χ0) is 20.1. The fourth-order valence-corrected chi connectivity index (χ4v) is 3.20. The summed E-state index contributed by atoms with van der Waals surface area (Å²) in [6, 6.07) is 9.17. The van der Waals surface area contributed by atoms with Crippen molar-refractivity contribution in [1.82, 2.24) is 9.88 Å². The molecule has 0 bridgehead atoms. The van der Waals surface area contributed by atoms with Crippen LogP contribution in [-0.2, 0) is 11.3 Å². The molecule has 5 nitrogen and oxygen atoms in total. The molecular weight excluding hydrogens is 395 g/mol. The van der Waals surface area contributed by atoms with Gasteiger partial charge in [-0.2, -0.15) is 0 Å². The normalized spacial score (nSPS) is 16.0. The maximum atomic E-state index is 12.4. The number of carbonyl (C=O) groups is 1. The molecule has 1 aromatic carbocycles. The topological polar surface area (TPSA) is 54.5 Å². The first-order valence-electron chi connectivity index (χ1n) is 8.78. The van der Waals surface area contributed by atoms with Gasteiger partial charge in [-0.15, -0.1) is 13.2 Å². The Labute approximate surface area is 165 Å². The Morgan fingerprint density at radius 1 is 1.18 bits per heavy atom. The van der Waals surface area contributed by atoms with E-state index in [4.69, 9.17) is 11.6 Å². The fraction of sp³-hybridized carbons (Fsp3) is 0.368. The highest BCUT2D eigenvalue weighted by Crippen LogP contribution is 2.24. The molecular formula is C19H19ClF3N3O2. The smallest absolute Gasteiger partial charge is 0.406 e. The van der Waals surface area contributed by atoms with Crippen LogP contribution in [0.1, 0.15) is 18.4 Å². The zero-order valence-corrected chi connectivity index (χ0v) is 15.6. The van der Waals surface area contributed by atoms with Crippen molar-refractivity contribution in [2.45, 2.75) is 25.7 Å². The molecule has 0 radical (unpaired) electrons. The summed E-state index contributed by atoms with van der Waals surface area (Å²) in [7, 11) is 0. The lowest BCUT2D eigenvalue weighted by Crippen LogP contribution is -2.37. The number of amides is 1. The van der Waals surface area contributed by atoms with Gasteiger partial charge in [-0.3, -0.25) is 9.69 Å². The molecule has 0 saturated carbocycles. The van der Waals surface area contributed by atoms with E-state index in [0.29, 0.717) is 30.2 Å². The van der Waals surface area contributed by atoms with E-state index in [2.05, 4.69) is 19.9 Å². The molecule has 9 heteroatoms. The van der Waals surface area contributed by atoms with Crippen molar-refractivity contribution in [1.29, 1.82) is 0 Å². The number of aromatic nitrogens is 1. The lowest BCUT2D eigenvalue weighted by Gasteiger charge is -2.31. The predicted molar refractivity (Wildman–Crippen MR) is 99.0 cm³/mol. The van der Waals surface area contributed by atoms with Gasteiger partial charge in [0, 0.05) is 18.7 Å². The molecule has 0 spiro atoms. The molecule has 1 aromatic heterocycles. The van der Waals surface area contributed by atoms with Gasteiger partial charge in [0.1, 0.15) is 11.6 Å². The van der Waals surface area contributed by atoms with Crippen molar-refractivity contribution >= 4 is 23.3 Å². The first kappa shape index (κ1) is 20.4. The molecule has 0 unspecified atom stereocenters. The number of ether oxygens (including phenoxy) is 1. The van der Waals surface area contributed by atoms with Crippen molar-refractivity contribution in [3.63, 3.8) is 0 Å². The van der Waals surface area contributed by atoms with Crippen LogP contribution >= 0.6 is 11.6 Å². The van der Waals surface area contributed by atoms with E-state index in [1.807, 2.05) is 0 Å². The Hall–Kier alpha value is -2.32. The first-order chi connectivity index (χ1) is 13.3. The Kier molecular flexibility index (Phi) is 6.41. The number of hydrogen-bond acceptors (Lipinski definition) is 4. The maximum absolute atomic E-state index is 12.4. The Morgan fingerprint density at radius 3 is 2.43 bits per heavy atom. The largest absolute Gasteiger partial charge is 0.573 e. The van der Waals surface area contributed by atoms with E-state index in [-0.39, 0.29) is 17.6 Å². The highest BCUT2D eigenvalue weighted by atomic mass is 35.5. The Morgan fingerprint density at radius 2 is 1.86 bits per heavy atom. The van der Waals surface area contributed by atoms with Gasteiger partial charge in [0.15, 0.2) is 0 Å². The van der Waals surface area contributed by atoms with Crippen LogP contribution in [0.15, 0.2) is 42.6 Å². The van der Waals surface area contributed by atoms with Crippen molar-refractivity contribution in [2.75, 3.05) is 18.4 Å². The number of likely N-dealkylation sites (tertiary alicyclic amines) is 1. The number of alkyl halides is 3. The molecule has 2 heterocycles. The van der Waals surface area contributed by atoms with Crippen LogP contribution in [0.2, 0.25) is 5.02 Å². The average Bonchev–Trinajstić information content (AvgIpc) is 2.65. The molecule has 2 aromatic rings. The van der Waals surface area contributed by atoms with Gasteiger partial charge in [-0.05, 0) is 55.8 Å². The summed E-state index contributed by atoms with van der Waals surface area (Å²) in [5.41, 5.74) is 0.891. The molecule has 1 aliphatic rings. The van der Waals surface area contributed by atoms with Gasteiger partial charge in [-0.25, -0.2) is 4.98 Å². The minimum Gasteiger partial charge on any atom is -0.406 e. The summed E-state index contributed by atoms with van der Waals surface area (Å²) in [6.07, 6.45) is -1.81. The second-order valence-electron chi connectivity index (χ2n) is 6.59. The number of nitrogens with zero attached hydrogens (tertiary/aromatic N) is 2. The summed E-state index contributed by atoms with van der Waals surface area (Å²) < 4.78 is 40.5. The molecule has 1 amide bonds. The van der Waals surface area contributed by atoms with Crippen LogP contribution < -0.4 is 10.1 Å². The highest BCUT2D eigenvalue weighted by molar-refractivity contribution is 6.30. The van der Waals surface area contributed by atoms with Gasteiger partial charge < -0.3 is 10.1 Å². The van der Waals surface area contributed by atoms with E-state index in [1.165, 1.54) is 18.3 Å². The van der Waals surface area contributed by atoms with Gasteiger partial charge in [0.25, 0.3) is 0 Å². The minimum absolute atomic E-state index is 0.0666. The standard InChI is InChI=1S/C19H19ClF3N3O2/c20-15-3-6-17(24-11-15)25-18(27)14-7-9-26(10-8-14)12-13-1-4-16(5-2-13)28-19(21,22)23/h1-6,11,14H,7-10,12H2,(H,24,25,27). The van der Waals surface area contributed by atoms with Crippen LogP contribution in [-0.4, -0.2) is 35.2 Å². The maximum Gasteiger partial charge on any atom is 0.573 e. The monoisotopic (exact) mass is 413 g/mol. The molecule has 3 rings (SSSR count). The van der Waals surface area contributed by atoms with Crippen LogP contribution in [0.5, 0.6) is 5.75 Å². The van der Waals surface area contributed by atoms with Crippen molar-refractivity contribution < 1.29 is 22.7 Å². The quantitative estimate of drug-likeness (QED) is 0.785. The lowest BCUT2D eigenvalue weighted by atomic mass is 9.95. The number of halogens is 4. The number of pyridine rings is 1. The van der Waals surface area contributed by atoms with Gasteiger partial charge >= 0.3 is 6.36 Å². The van der Waals surface area contributed by atoms with E-state index < -0.39 is 6.36 Å². The van der Waals surface area contributed by atoms with E-state index in [0.717, 1.165) is 18.7 Å². The molecule has 1 aliphatic heterocycles. The Bertz CT molecular complexity index is 790. The lowest BCUT2D eigenvalue weighted by molar-refractivity contribution is -0.274. The summed E-state index contributed by atoms with van der Waals surface area (Å²) in [5.74, 6) is 0.0693. The van der Waals surface area contributed by atoms with Crippen molar-refractivity contribution in [2.24, 2.45) is 5.92 Å². The number of hydrogen-bond donors (Lipinski definition) is 1. The molecule has 1 saturated heterocycles. The van der Waals surface area contributed by atoms with Crippen LogP contribution in [0.3, 0.4) is 0 Å². The second-order valence-corrected chi connectivity index (χ2v) is 7.03. The van der Waals surface area contributed by atoms with Crippen molar-refractivity contribution in [3.8, 4) is 5.75 Å². The van der Waals surface area contributed by atoms with Gasteiger partial charge in [0.05, 0.1) is 5.02 Å². The van der Waals surface area contributed by atoms with E-state index in [1.54, 1.807) is 24.3 Å². The number of anilines is 1. The van der Waals surface area contributed by atoms with E-state index >= 15 is 0 Å². The number of nitrogens with one attached hydrogen (secondary N) is 1. The third kappa shape index (κ3) is 6.10. The summed E-state index contributed by atoms with van der Waals surface area (Å²) in [6.45, 7) is 2.07. The predicted octanol–water partition coefficient (Wildman–Crippen LogP) is 4.48. The highest BCUT2D eigenvalue weighted by Gasteiger charge is 2.31. The van der Waals surface area contributed by atoms with Crippen LogP contribution in [0.25, 0.3) is 0 Å². The molecule has 0 aliphatic carbocycles. The third-order valence-electron chi connectivity index (χ3n) is 4.50. The zero-order valence-electron chi connectivity index (χ0n) is 14.9. The molecule has 28 heavy (non-hydrogen) atoms. The molecule has 1 N–H and O–H groups in total. The SMILES string of the molecule is O=C(Nc1ccc(Cl)cn1)C1CCN(Cc2ccc(OC(F)(F)F)cc2)CC1. The summed E-state index contributed by atoms with van der Waals surface area (Å²) in [4.78, 5) is 18.6. The average molecular weight is 414 g/mol. The summed E-state index contributed by atoms with van der Waals surface area (Å²) in [5, 5.41) is 3.30. The first-order valence-corrected chi connectivity index (χ1v) is 9.16. The number of carbonyl (C=O) groups excluding carboxylic acids is 1. The van der Waals surface area contributed by atoms with Gasteiger partial charge in [-0.1, -0.05) is 23.7 Å². The van der Waals surface area contributed by atoms with Crippen molar-refractivity contribution in [3.05, 3.63) is 53.2 Å². The Balaban J connectivity index is 1.46. The molecule has 0 atom stereocenters. The summed E-state index contributed by atoms with van der Waals surface area (Å²) >= 11 is 5.78. The van der Waals surface area contributed by atoms with Crippen LogP contribution in [0.4, 0.5) is 19.0 Å². The minimum atomic E-state index is -4.69. The number of piperidine rings is 1.